The van der Waals surface area contributed by atoms with Crippen molar-refractivity contribution in [2.45, 2.75) is 19.8 Å². The van der Waals surface area contributed by atoms with E-state index in [9.17, 15) is 9.18 Å². The quantitative estimate of drug-likeness (QED) is 0.622. The third-order valence-electron chi connectivity index (χ3n) is 4.81. The number of hydrogen-bond donors (Lipinski definition) is 2. The number of nitrogens with zero attached hydrogens (tertiary/aromatic N) is 4. The van der Waals surface area contributed by atoms with Crippen molar-refractivity contribution in [1.82, 2.24) is 19.9 Å². The van der Waals surface area contributed by atoms with E-state index in [2.05, 4.69) is 15.0 Å². The minimum atomic E-state index is -0.633. The van der Waals surface area contributed by atoms with E-state index in [0.29, 0.717) is 36.5 Å². The number of carbonyl (C=O) groups is 1. The minimum Gasteiger partial charge on any atom is -0.396 e. The first-order chi connectivity index (χ1) is 14.5. The predicted octanol–water partition coefficient (Wildman–Crippen LogP) is 2.94. The standard InChI is InChI=1S/C22H24FN5O2/c1-3-18-20(15-6-8-19(24)25-12-15)21(27-13-26-18)14-5-7-16(17(23)11-14)22(30)28(2)9-4-10-29/h5-8,11-13,29H,3-4,9-10H2,1-2H3,(H2,24,25). The number of anilines is 1. The maximum absolute atomic E-state index is 14.9. The van der Waals surface area contributed by atoms with Crippen molar-refractivity contribution in [2.24, 2.45) is 0 Å². The first-order valence-electron chi connectivity index (χ1n) is 9.68. The molecule has 0 aliphatic carbocycles. The predicted molar refractivity (Wildman–Crippen MR) is 113 cm³/mol. The van der Waals surface area contributed by atoms with Gasteiger partial charge in [-0.3, -0.25) is 4.79 Å². The topological polar surface area (TPSA) is 105 Å². The zero-order valence-electron chi connectivity index (χ0n) is 17.0. The van der Waals surface area contributed by atoms with Crippen molar-refractivity contribution >= 4 is 11.7 Å². The number of halogens is 1. The molecule has 2 heterocycles. The molecule has 2 aromatic heterocycles. The molecule has 0 aliphatic rings. The van der Waals surface area contributed by atoms with Crippen LogP contribution in [0.25, 0.3) is 22.4 Å². The summed E-state index contributed by atoms with van der Waals surface area (Å²) in [5.41, 5.74) is 9.10. The molecule has 0 bridgehead atoms. The van der Waals surface area contributed by atoms with E-state index >= 15 is 0 Å². The van der Waals surface area contributed by atoms with Crippen molar-refractivity contribution in [3.63, 3.8) is 0 Å². The fraction of sp³-hybridized carbons (Fsp3) is 0.273. The van der Waals surface area contributed by atoms with Gasteiger partial charge in [-0.05, 0) is 37.1 Å². The van der Waals surface area contributed by atoms with Crippen molar-refractivity contribution in [2.75, 3.05) is 25.9 Å². The summed E-state index contributed by atoms with van der Waals surface area (Å²) in [6.45, 7) is 2.29. The molecule has 1 aromatic carbocycles. The first kappa shape index (κ1) is 21.3. The number of hydrogen-bond acceptors (Lipinski definition) is 6. The molecule has 0 saturated carbocycles. The molecule has 0 aliphatic heterocycles. The van der Waals surface area contributed by atoms with E-state index in [4.69, 9.17) is 10.8 Å². The van der Waals surface area contributed by atoms with Crippen LogP contribution in [0.15, 0.2) is 42.9 Å². The maximum Gasteiger partial charge on any atom is 0.256 e. The molecular weight excluding hydrogens is 385 g/mol. The lowest BCUT2D eigenvalue weighted by Crippen LogP contribution is -2.29. The third kappa shape index (κ3) is 4.44. The van der Waals surface area contributed by atoms with Crippen molar-refractivity contribution in [3.05, 3.63) is 59.9 Å². The maximum atomic E-state index is 14.9. The van der Waals surface area contributed by atoms with Crippen LogP contribution in [-0.4, -0.2) is 51.1 Å². The highest BCUT2D eigenvalue weighted by atomic mass is 19.1. The van der Waals surface area contributed by atoms with Gasteiger partial charge in [0, 0.05) is 43.1 Å². The molecule has 0 atom stereocenters. The Balaban J connectivity index is 2.03. The van der Waals surface area contributed by atoms with Crippen LogP contribution < -0.4 is 5.73 Å². The molecular formula is C22H24FN5O2. The average molecular weight is 409 g/mol. The van der Waals surface area contributed by atoms with Crippen molar-refractivity contribution < 1.29 is 14.3 Å². The lowest BCUT2D eigenvalue weighted by Gasteiger charge is -2.17. The Hall–Kier alpha value is -3.39. The molecule has 7 nitrogen and oxygen atoms in total. The summed E-state index contributed by atoms with van der Waals surface area (Å²) in [5.74, 6) is -0.673. The largest absolute Gasteiger partial charge is 0.396 e. The number of benzene rings is 1. The monoisotopic (exact) mass is 409 g/mol. The molecule has 0 unspecified atom stereocenters. The Morgan fingerprint density at radius 1 is 1.17 bits per heavy atom. The lowest BCUT2D eigenvalue weighted by atomic mass is 9.97. The zero-order valence-corrected chi connectivity index (χ0v) is 17.0. The number of pyridine rings is 1. The van der Waals surface area contributed by atoms with Gasteiger partial charge in [-0.25, -0.2) is 19.3 Å². The number of nitrogen functional groups attached to an aromatic ring is 1. The van der Waals surface area contributed by atoms with Crippen LogP contribution in [0.4, 0.5) is 10.2 Å². The summed E-state index contributed by atoms with van der Waals surface area (Å²) in [4.78, 5) is 26.8. The summed E-state index contributed by atoms with van der Waals surface area (Å²) in [5, 5.41) is 8.93. The van der Waals surface area contributed by atoms with Crippen LogP contribution in [0.5, 0.6) is 0 Å². The molecule has 0 radical (unpaired) electrons. The van der Waals surface area contributed by atoms with E-state index in [-0.39, 0.29) is 12.2 Å². The number of carbonyl (C=O) groups excluding carboxylic acids is 1. The smallest absolute Gasteiger partial charge is 0.256 e. The normalized spacial score (nSPS) is 10.8. The Morgan fingerprint density at radius 3 is 2.57 bits per heavy atom. The molecule has 8 heteroatoms. The van der Waals surface area contributed by atoms with E-state index in [1.54, 1.807) is 25.4 Å². The van der Waals surface area contributed by atoms with Gasteiger partial charge in [0.05, 0.1) is 17.0 Å². The molecule has 3 aromatic rings. The Kier molecular flexibility index (Phi) is 6.68. The third-order valence-corrected chi connectivity index (χ3v) is 4.81. The van der Waals surface area contributed by atoms with Gasteiger partial charge in [0.2, 0.25) is 0 Å². The number of rotatable bonds is 7. The average Bonchev–Trinajstić information content (AvgIpc) is 2.77. The highest BCUT2D eigenvalue weighted by Gasteiger charge is 2.19. The summed E-state index contributed by atoms with van der Waals surface area (Å²) < 4.78 is 14.9. The second-order valence-electron chi connectivity index (χ2n) is 6.87. The number of amides is 1. The van der Waals surface area contributed by atoms with E-state index in [1.165, 1.54) is 23.4 Å². The van der Waals surface area contributed by atoms with E-state index < -0.39 is 11.7 Å². The number of nitrogens with two attached hydrogens (primary N) is 1. The second kappa shape index (κ2) is 9.41. The lowest BCUT2D eigenvalue weighted by molar-refractivity contribution is 0.0782. The van der Waals surface area contributed by atoms with E-state index in [0.717, 1.165) is 16.8 Å². The molecule has 0 saturated heterocycles. The number of aliphatic hydroxyl groups excluding tert-OH is 1. The number of aryl methyl sites for hydroxylation is 1. The van der Waals surface area contributed by atoms with Crippen molar-refractivity contribution in [3.8, 4) is 22.4 Å². The highest BCUT2D eigenvalue weighted by Crippen LogP contribution is 2.33. The molecule has 0 spiro atoms. The molecule has 156 valence electrons. The van der Waals surface area contributed by atoms with Gasteiger partial charge in [0.15, 0.2) is 0 Å². The Morgan fingerprint density at radius 2 is 1.93 bits per heavy atom. The second-order valence-corrected chi connectivity index (χ2v) is 6.87. The molecule has 3 N–H and O–H groups in total. The summed E-state index contributed by atoms with van der Waals surface area (Å²) >= 11 is 0. The Bertz CT molecular complexity index is 1040. The molecule has 0 fully saturated rings. The van der Waals surface area contributed by atoms with Gasteiger partial charge in [-0.15, -0.1) is 0 Å². The number of aromatic nitrogens is 3. The highest BCUT2D eigenvalue weighted by molar-refractivity contribution is 5.95. The minimum absolute atomic E-state index is 0.0281. The van der Waals surface area contributed by atoms with Crippen LogP contribution in [0.2, 0.25) is 0 Å². The van der Waals surface area contributed by atoms with Gasteiger partial charge in [-0.1, -0.05) is 13.0 Å². The SMILES string of the molecule is CCc1ncnc(-c2ccc(C(=O)N(C)CCCO)c(F)c2)c1-c1ccc(N)nc1. The van der Waals surface area contributed by atoms with Gasteiger partial charge in [-0.2, -0.15) is 0 Å². The fourth-order valence-electron chi connectivity index (χ4n) is 3.22. The Labute approximate surface area is 174 Å². The van der Waals surface area contributed by atoms with E-state index in [1.807, 2.05) is 13.0 Å². The molecule has 3 rings (SSSR count). The van der Waals surface area contributed by atoms with Gasteiger partial charge in [0.25, 0.3) is 5.91 Å². The van der Waals surface area contributed by atoms with Crippen LogP contribution in [0, 0.1) is 5.82 Å². The van der Waals surface area contributed by atoms with Crippen LogP contribution in [0.1, 0.15) is 29.4 Å². The van der Waals surface area contributed by atoms with Crippen molar-refractivity contribution in [1.29, 1.82) is 0 Å². The van der Waals surface area contributed by atoms with Crippen LogP contribution in [0.3, 0.4) is 0 Å². The van der Waals surface area contributed by atoms with Crippen LogP contribution >= 0.6 is 0 Å². The van der Waals surface area contributed by atoms with Gasteiger partial charge < -0.3 is 15.7 Å². The number of aliphatic hydroxyl groups is 1. The summed E-state index contributed by atoms with van der Waals surface area (Å²) in [7, 11) is 1.58. The van der Waals surface area contributed by atoms with Gasteiger partial charge >= 0.3 is 0 Å². The fourth-order valence-corrected chi connectivity index (χ4v) is 3.22. The summed E-state index contributed by atoms with van der Waals surface area (Å²) in [6, 6.07) is 7.96. The van der Waals surface area contributed by atoms with Crippen LogP contribution in [-0.2, 0) is 6.42 Å². The molecule has 30 heavy (non-hydrogen) atoms. The first-order valence-corrected chi connectivity index (χ1v) is 9.68. The molecule has 1 amide bonds. The van der Waals surface area contributed by atoms with Gasteiger partial charge in [0.1, 0.15) is 18.0 Å². The zero-order chi connectivity index (χ0) is 21.7. The summed E-state index contributed by atoms with van der Waals surface area (Å²) in [6.07, 6.45) is 4.18.